The zero-order valence-corrected chi connectivity index (χ0v) is 16.2. The monoisotopic (exact) mass is 427 g/mol. The van der Waals surface area contributed by atoms with Crippen molar-refractivity contribution in [3.05, 3.63) is 54.1 Å². The Morgan fingerprint density at radius 2 is 2.20 bits per heavy atom. The summed E-state index contributed by atoms with van der Waals surface area (Å²) in [6.07, 6.45) is 5.95. The zero-order chi connectivity index (χ0) is 20.7. The van der Waals surface area contributed by atoms with Gasteiger partial charge in [0.25, 0.3) is 11.8 Å². The number of nitrogens with zero attached hydrogens (tertiary/aromatic N) is 5. The highest BCUT2D eigenvalue weighted by Gasteiger charge is 2.47. The lowest BCUT2D eigenvalue weighted by Gasteiger charge is -2.34. The average molecular weight is 427 g/mol. The molecule has 1 saturated carbocycles. The first kappa shape index (κ1) is 18.6. The van der Waals surface area contributed by atoms with Crippen molar-refractivity contribution in [3.8, 4) is 22.0 Å². The van der Waals surface area contributed by atoms with Crippen LogP contribution in [-0.2, 0) is 0 Å². The molecule has 0 unspecified atom stereocenters. The number of amides is 1. The van der Waals surface area contributed by atoms with Gasteiger partial charge in [0, 0.05) is 42.4 Å². The molecule has 0 spiro atoms. The summed E-state index contributed by atoms with van der Waals surface area (Å²) in [6, 6.07) is 4.89. The van der Waals surface area contributed by atoms with Crippen molar-refractivity contribution in [2.75, 3.05) is 5.32 Å². The minimum absolute atomic E-state index is 0.242. The molecule has 0 bridgehead atoms. The van der Waals surface area contributed by atoms with Gasteiger partial charge in [0.05, 0.1) is 23.6 Å². The Morgan fingerprint density at radius 1 is 1.33 bits per heavy atom. The summed E-state index contributed by atoms with van der Waals surface area (Å²) >= 11 is 1.32. The fraction of sp³-hybridized carbons (Fsp3) is 0.211. The van der Waals surface area contributed by atoms with Crippen LogP contribution in [0.5, 0.6) is 0 Å². The minimum atomic E-state index is -2.67. The molecule has 0 aromatic carbocycles. The number of hydrogen-bond donors (Lipinski definition) is 2. The SMILES string of the molecule is O=C(Nc1cn(C2CC(F)(F)C2)nc1-c1ccccn1)c1csc(-c2cn[nH]c2)n1. The number of H-pyrrole nitrogens is 1. The molecular weight excluding hydrogens is 412 g/mol. The predicted molar refractivity (Wildman–Crippen MR) is 106 cm³/mol. The maximum Gasteiger partial charge on any atom is 0.275 e. The summed E-state index contributed by atoms with van der Waals surface area (Å²) in [5.41, 5.74) is 2.38. The van der Waals surface area contributed by atoms with E-state index >= 15 is 0 Å². The van der Waals surface area contributed by atoms with Gasteiger partial charge in [-0.05, 0) is 12.1 Å². The van der Waals surface area contributed by atoms with E-state index in [4.69, 9.17) is 0 Å². The van der Waals surface area contributed by atoms with Crippen molar-refractivity contribution in [1.29, 1.82) is 0 Å². The maximum atomic E-state index is 13.3. The highest BCUT2D eigenvalue weighted by atomic mass is 32.1. The number of rotatable bonds is 5. The standard InChI is InChI=1S/C19H15F2N7OS/c20-19(21)5-12(6-19)28-9-14(16(27-28)13-3-1-2-4-22-13)25-17(29)15-10-30-18(26-15)11-7-23-24-8-11/h1-4,7-10,12H,5-6H2,(H,23,24)(H,25,29). The first-order valence-corrected chi connectivity index (χ1v) is 10.0. The number of anilines is 1. The van der Waals surface area contributed by atoms with Crippen LogP contribution in [0.4, 0.5) is 14.5 Å². The number of thiazole rings is 1. The Labute approximate surface area is 173 Å². The Kier molecular flexibility index (Phi) is 4.39. The Balaban J connectivity index is 1.43. The minimum Gasteiger partial charge on any atom is -0.317 e. The van der Waals surface area contributed by atoms with E-state index in [0.29, 0.717) is 22.1 Å². The van der Waals surface area contributed by atoms with Crippen molar-refractivity contribution in [2.45, 2.75) is 24.8 Å². The van der Waals surface area contributed by atoms with E-state index in [1.807, 2.05) is 0 Å². The lowest BCUT2D eigenvalue weighted by Crippen LogP contribution is -2.37. The summed E-state index contributed by atoms with van der Waals surface area (Å²) in [5, 5.41) is 16.1. The van der Waals surface area contributed by atoms with Gasteiger partial charge in [-0.15, -0.1) is 11.3 Å². The number of carbonyl (C=O) groups is 1. The molecule has 0 saturated heterocycles. The van der Waals surface area contributed by atoms with E-state index in [-0.39, 0.29) is 18.5 Å². The molecule has 30 heavy (non-hydrogen) atoms. The lowest BCUT2D eigenvalue weighted by atomic mass is 9.88. The van der Waals surface area contributed by atoms with Crippen LogP contribution in [-0.4, -0.2) is 41.8 Å². The Morgan fingerprint density at radius 3 is 2.90 bits per heavy atom. The predicted octanol–water partition coefficient (Wildman–Crippen LogP) is 4.01. The molecule has 5 rings (SSSR count). The molecule has 152 valence electrons. The van der Waals surface area contributed by atoms with Gasteiger partial charge < -0.3 is 5.32 Å². The van der Waals surface area contributed by atoms with Crippen molar-refractivity contribution in [1.82, 2.24) is 29.9 Å². The average Bonchev–Trinajstić information content (AvgIpc) is 3.46. The van der Waals surface area contributed by atoms with Crippen molar-refractivity contribution >= 4 is 22.9 Å². The van der Waals surface area contributed by atoms with Gasteiger partial charge in [0.1, 0.15) is 16.4 Å². The van der Waals surface area contributed by atoms with Gasteiger partial charge in [-0.2, -0.15) is 10.2 Å². The number of hydrogen-bond acceptors (Lipinski definition) is 6. The molecule has 1 aliphatic rings. The lowest BCUT2D eigenvalue weighted by molar-refractivity contribution is -0.106. The maximum absolute atomic E-state index is 13.3. The van der Waals surface area contributed by atoms with E-state index in [9.17, 15) is 13.6 Å². The molecule has 11 heteroatoms. The largest absolute Gasteiger partial charge is 0.317 e. The zero-order valence-electron chi connectivity index (χ0n) is 15.4. The first-order valence-electron chi connectivity index (χ1n) is 9.13. The summed E-state index contributed by atoms with van der Waals surface area (Å²) in [5.74, 6) is -3.09. The van der Waals surface area contributed by atoms with Crippen molar-refractivity contribution in [3.63, 3.8) is 0 Å². The molecule has 0 atom stereocenters. The number of aromatic nitrogens is 6. The summed E-state index contributed by atoms with van der Waals surface area (Å²) in [4.78, 5) is 21.4. The fourth-order valence-corrected chi connectivity index (χ4v) is 4.03. The van der Waals surface area contributed by atoms with Crippen LogP contribution >= 0.6 is 11.3 Å². The molecule has 2 N–H and O–H groups in total. The van der Waals surface area contributed by atoms with Gasteiger partial charge in [0.2, 0.25) is 0 Å². The fourth-order valence-electron chi connectivity index (χ4n) is 3.24. The number of halogens is 2. The molecule has 8 nitrogen and oxygen atoms in total. The van der Waals surface area contributed by atoms with E-state index in [0.717, 1.165) is 5.56 Å². The number of aromatic amines is 1. The Bertz CT molecular complexity index is 1180. The van der Waals surface area contributed by atoms with Gasteiger partial charge in [-0.25, -0.2) is 13.8 Å². The summed E-state index contributed by atoms with van der Waals surface area (Å²) in [7, 11) is 0. The second-order valence-electron chi connectivity index (χ2n) is 6.98. The highest BCUT2D eigenvalue weighted by molar-refractivity contribution is 7.13. The molecule has 1 aliphatic carbocycles. The number of nitrogens with one attached hydrogen (secondary N) is 2. The second kappa shape index (κ2) is 7.10. The van der Waals surface area contributed by atoms with E-state index in [1.54, 1.807) is 48.4 Å². The van der Waals surface area contributed by atoms with Crippen LogP contribution in [0.15, 0.2) is 48.4 Å². The van der Waals surface area contributed by atoms with Gasteiger partial charge in [0.15, 0.2) is 0 Å². The van der Waals surface area contributed by atoms with Crippen LogP contribution in [0.3, 0.4) is 0 Å². The van der Waals surface area contributed by atoms with Crippen molar-refractivity contribution in [2.24, 2.45) is 0 Å². The first-order chi connectivity index (χ1) is 14.5. The summed E-state index contributed by atoms with van der Waals surface area (Å²) < 4.78 is 28.1. The third-order valence-electron chi connectivity index (χ3n) is 4.81. The molecule has 1 fully saturated rings. The van der Waals surface area contributed by atoms with Crippen LogP contribution < -0.4 is 5.32 Å². The van der Waals surface area contributed by atoms with E-state index < -0.39 is 17.9 Å². The second-order valence-corrected chi connectivity index (χ2v) is 7.84. The third-order valence-corrected chi connectivity index (χ3v) is 5.70. The van der Waals surface area contributed by atoms with Crippen LogP contribution in [0.25, 0.3) is 22.0 Å². The van der Waals surface area contributed by atoms with Gasteiger partial charge in [-0.1, -0.05) is 6.07 Å². The van der Waals surface area contributed by atoms with Crippen LogP contribution in [0.2, 0.25) is 0 Å². The number of alkyl halides is 2. The molecular formula is C19H15F2N7OS. The molecule has 4 aromatic rings. The van der Waals surface area contributed by atoms with E-state index in [1.165, 1.54) is 16.0 Å². The van der Waals surface area contributed by atoms with Gasteiger partial charge >= 0.3 is 0 Å². The molecule has 4 heterocycles. The third kappa shape index (κ3) is 3.47. The molecule has 0 radical (unpaired) electrons. The Hall–Kier alpha value is -3.47. The number of carbonyl (C=O) groups excluding carboxylic acids is 1. The van der Waals surface area contributed by atoms with Gasteiger partial charge in [-0.3, -0.25) is 19.6 Å². The van der Waals surface area contributed by atoms with Crippen LogP contribution in [0.1, 0.15) is 29.4 Å². The molecule has 4 aromatic heterocycles. The molecule has 1 amide bonds. The normalized spacial score (nSPS) is 15.7. The van der Waals surface area contributed by atoms with Crippen LogP contribution in [0, 0.1) is 0 Å². The van der Waals surface area contributed by atoms with Crippen molar-refractivity contribution < 1.29 is 13.6 Å². The highest BCUT2D eigenvalue weighted by Crippen LogP contribution is 2.46. The quantitative estimate of drug-likeness (QED) is 0.501. The smallest absolute Gasteiger partial charge is 0.275 e. The number of pyridine rings is 1. The summed E-state index contributed by atoms with van der Waals surface area (Å²) in [6.45, 7) is 0. The molecule has 0 aliphatic heterocycles. The van der Waals surface area contributed by atoms with E-state index in [2.05, 4.69) is 30.6 Å². The topological polar surface area (TPSA) is 101 Å².